The molecule has 0 amide bonds. The number of anilines is 2. The molecule has 0 saturated heterocycles. The van der Waals surface area contributed by atoms with Gasteiger partial charge in [0.15, 0.2) is 0 Å². The molecule has 1 unspecified atom stereocenters. The standard InChI is InChI=1S/C13H25N5O2/c1-5-6-14-11-16-12(18-13(17-11)20-4)15-8-10(19)7-9(2)3/h9-10,19H,5-8H2,1-4H3,(H2,14,15,16,17,18). The lowest BCUT2D eigenvalue weighted by Crippen LogP contribution is -2.22. The zero-order valence-electron chi connectivity index (χ0n) is 12.7. The van der Waals surface area contributed by atoms with Crippen LogP contribution in [0.15, 0.2) is 0 Å². The van der Waals surface area contributed by atoms with Crippen LogP contribution in [-0.4, -0.2) is 46.4 Å². The first-order valence-corrected chi connectivity index (χ1v) is 7.01. The summed E-state index contributed by atoms with van der Waals surface area (Å²) in [6, 6.07) is 0.249. The predicted octanol–water partition coefficient (Wildman–Crippen LogP) is 1.52. The van der Waals surface area contributed by atoms with Gasteiger partial charge in [0.2, 0.25) is 11.9 Å². The highest BCUT2D eigenvalue weighted by molar-refractivity contribution is 5.35. The number of aromatic nitrogens is 3. The molecule has 0 aliphatic carbocycles. The highest BCUT2D eigenvalue weighted by Gasteiger charge is 2.10. The molecule has 1 aromatic heterocycles. The Bertz CT molecular complexity index is 400. The topological polar surface area (TPSA) is 92.2 Å². The van der Waals surface area contributed by atoms with E-state index in [4.69, 9.17) is 4.74 Å². The lowest BCUT2D eigenvalue weighted by atomic mass is 10.1. The maximum Gasteiger partial charge on any atom is 0.322 e. The van der Waals surface area contributed by atoms with Crippen LogP contribution in [0.25, 0.3) is 0 Å². The van der Waals surface area contributed by atoms with E-state index >= 15 is 0 Å². The van der Waals surface area contributed by atoms with E-state index < -0.39 is 6.10 Å². The van der Waals surface area contributed by atoms with Gasteiger partial charge < -0.3 is 20.5 Å². The molecule has 0 saturated carbocycles. The molecule has 20 heavy (non-hydrogen) atoms. The number of aliphatic hydroxyl groups is 1. The lowest BCUT2D eigenvalue weighted by molar-refractivity contribution is 0.161. The van der Waals surface area contributed by atoms with E-state index in [0.29, 0.717) is 24.4 Å². The first kappa shape index (κ1) is 16.4. The molecule has 0 aliphatic rings. The van der Waals surface area contributed by atoms with Crippen LogP contribution >= 0.6 is 0 Å². The van der Waals surface area contributed by atoms with Crippen molar-refractivity contribution in [3.05, 3.63) is 0 Å². The molecule has 1 heterocycles. The fraction of sp³-hybridized carbons (Fsp3) is 0.769. The summed E-state index contributed by atoms with van der Waals surface area (Å²) in [6.45, 7) is 7.39. The van der Waals surface area contributed by atoms with Gasteiger partial charge in [0.05, 0.1) is 13.2 Å². The molecule has 3 N–H and O–H groups in total. The van der Waals surface area contributed by atoms with Gasteiger partial charge in [-0.15, -0.1) is 0 Å². The number of rotatable bonds is 9. The van der Waals surface area contributed by atoms with Gasteiger partial charge in [-0.25, -0.2) is 0 Å². The number of hydrogen-bond donors (Lipinski definition) is 3. The Morgan fingerprint density at radius 2 is 1.80 bits per heavy atom. The average molecular weight is 283 g/mol. The third kappa shape index (κ3) is 6.01. The van der Waals surface area contributed by atoms with Crippen LogP contribution in [0.1, 0.15) is 33.6 Å². The average Bonchev–Trinajstić information content (AvgIpc) is 2.42. The Morgan fingerprint density at radius 1 is 1.15 bits per heavy atom. The van der Waals surface area contributed by atoms with E-state index in [1.54, 1.807) is 0 Å². The Kier molecular flexibility index (Phi) is 7.00. The van der Waals surface area contributed by atoms with Crippen LogP contribution in [-0.2, 0) is 0 Å². The molecule has 1 rings (SSSR count). The van der Waals surface area contributed by atoms with Gasteiger partial charge in [-0.05, 0) is 18.8 Å². The minimum absolute atomic E-state index is 0.249. The third-order valence-corrected chi connectivity index (χ3v) is 2.57. The van der Waals surface area contributed by atoms with E-state index in [9.17, 15) is 5.11 Å². The number of hydrogen-bond acceptors (Lipinski definition) is 7. The SMILES string of the molecule is CCCNc1nc(NCC(O)CC(C)C)nc(OC)n1. The van der Waals surface area contributed by atoms with E-state index in [2.05, 4.69) is 46.4 Å². The normalized spacial score (nSPS) is 12.3. The van der Waals surface area contributed by atoms with Crippen molar-refractivity contribution in [3.8, 4) is 6.01 Å². The molecule has 0 bridgehead atoms. The summed E-state index contributed by atoms with van der Waals surface area (Å²) in [5.74, 6) is 1.32. The smallest absolute Gasteiger partial charge is 0.322 e. The number of aliphatic hydroxyl groups excluding tert-OH is 1. The Labute approximate surface area is 120 Å². The first-order valence-electron chi connectivity index (χ1n) is 7.01. The van der Waals surface area contributed by atoms with Crippen LogP contribution in [0, 0.1) is 5.92 Å². The van der Waals surface area contributed by atoms with Crippen LogP contribution < -0.4 is 15.4 Å². The van der Waals surface area contributed by atoms with Crippen LogP contribution in [0.2, 0.25) is 0 Å². The quantitative estimate of drug-likeness (QED) is 0.632. The summed E-state index contributed by atoms with van der Waals surface area (Å²) in [4.78, 5) is 12.4. The van der Waals surface area contributed by atoms with Crippen LogP contribution in [0.5, 0.6) is 6.01 Å². The number of nitrogens with one attached hydrogen (secondary N) is 2. The van der Waals surface area contributed by atoms with Gasteiger partial charge in [-0.3, -0.25) is 0 Å². The predicted molar refractivity (Wildman–Crippen MR) is 79.1 cm³/mol. The molecule has 1 aromatic rings. The van der Waals surface area contributed by atoms with E-state index in [1.165, 1.54) is 7.11 Å². The molecule has 0 spiro atoms. The zero-order chi connectivity index (χ0) is 15.0. The second-order valence-electron chi connectivity index (χ2n) is 5.06. The second kappa shape index (κ2) is 8.52. The van der Waals surface area contributed by atoms with Gasteiger partial charge in [0, 0.05) is 13.1 Å². The van der Waals surface area contributed by atoms with Crippen molar-refractivity contribution < 1.29 is 9.84 Å². The summed E-state index contributed by atoms with van der Waals surface area (Å²) in [7, 11) is 1.51. The maximum atomic E-state index is 9.84. The minimum Gasteiger partial charge on any atom is -0.467 e. The highest BCUT2D eigenvalue weighted by Crippen LogP contribution is 2.11. The number of methoxy groups -OCH3 is 1. The van der Waals surface area contributed by atoms with Crippen molar-refractivity contribution in [1.82, 2.24) is 15.0 Å². The monoisotopic (exact) mass is 283 g/mol. The van der Waals surface area contributed by atoms with Crippen molar-refractivity contribution in [1.29, 1.82) is 0 Å². The molecule has 7 nitrogen and oxygen atoms in total. The van der Waals surface area contributed by atoms with E-state index in [-0.39, 0.29) is 6.01 Å². The van der Waals surface area contributed by atoms with Crippen molar-refractivity contribution in [2.45, 2.75) is 39.7 Å². The first-order chi connectivity index (χ1) is 9.55. The van der Waals surface area contributed by atoms with Gasteiger partial charge in [0.25, 0.3) is 0 Å². The Balaban J connectivity index is 2.63. The second-order valence-corrected chi connectivity index (χ2v) is 5.06. The van der Waals surface area contributed by atoms with E-state index in [1.807, 2.05) is 0 Å². The molecule has 1 atom stereocenters. The maximum absolute atomic E-state index is 9.84. The minimum atomic E-state index is -0.426. The van der Waals surface area contributed by atoms with Crippen LogP contribution in [0.4, 0.5) is 11.9 Å². The van der Waals surface area contributed by atoms with Gasteiger partial charge in [0.1, 0.15) is 0 Å². The summed E-state index contributed by atoms with van der Waals surface area (Å²) in [5, 5.41) is 15.9. The van der Waals surface area contributed by atoms with Crippen LogP contribution in [0.3, 0.4) is 0 Å². The molecule has 7 heteroatoms. The fourth-order valence-corrected chi connectivity index (χ4v) is 1.68. The molecule has 0 radical (unpaired) electrons. The molecular formula is C13H25N5O2. The van der Waals surface area contributed by atoms with Gasteiger partial charge in [-0.2, -0.15) is 15.0 Å². The Hall–Kier alpha value is -1.63. The summed E-state index contributed by atoms with van der Waals surface area (Å²) in [5.41, 5.74) is 0. The number of nitrogens with zero attached hydrogens (tertiary/aromatic N) is 3. The Morgan fingerprint density at radius 3 is 2.35 bits per heavy atom. The summed E-state index contributed by atoms with van der Waals surface area (Å²) >= 11 is 0. The zero-order valence-corrected chi connectivity index (χ0v) is 12.7. The summed E-state index contributed by atoms with van der Waals surface area (Å²) in [6.07, 6.45) is 1.28. The molecule has 0 fully saturated rings. The van der Waals surface area contributed by atoms with Crippen molar-refractivity contribution in [2.24, 2.45) is 5.92 Å². The van der Waals surface area contributed by atoms with Gasteiger partial charge in [-0.1, -0.05) is 20.8 Å². The molecule has 0 aliphatic heterocycles. The van der Waals surface area contributed by atoms with Crippen molar-refractivity contribution in [2.75, 3.05) is 30.8 Å². The third-order valence-electron chi connectivity index (χ3n) is 2.57. The van der Waals surface area contributed by atoms with Crippen molar-refractivity contribution >= 4 is 11.9 Å². The van der Waals surface area contributed by atoms with Crippen molar-refractivity contribution in [3.63, 3.8) is 0 Å². The lowest BCUT2D eigenvalue weighted by Gasteiger charge is -2.14. The fourth-order valence-electron chi connectivity index (χ4n) is 1.68. The molecular weight excluding hydrogens is 258 g/mol. The molecule has 0 aromatic carbocycles. The highest BCUT2D eigenvalue weighted by atomic mass is 16.5. The van der Waals surface area contributed by atoms with Gasteiger partial charge >= 0.3 is 6.01 Å². The number of ether oxygens (including phenoxy) is 1. The molecule has 114 valence electrons. The largest absolute Gasteiger partial charge is 0.467 e. The summed E-state index contributed by atoms with van der Waals surface area (Å²) < 4.78 is 5.04. The van der Waals surface area contributed by atoms with E-state index in [0.717, 1.165) is 19.4 Å².